The third-order valence-corrected chi connectivity index (χ3v) is 18.5. The van der Waals surface area contributed by atoms with E-state index < -0.39 is 162 Å². The second-order valence-electron chi connectivity index (χ2n) is 29.4. The van der Waals surface area contributed by atoms with Crippen LogP contribution in [-0.2, 0) is 64.1 Å². The summed E-state index contributed by atoms with van der Waals surface area (Å²) in [5.74, 6) is -8.50. The Hall–Kier alpha value is -7.83. The van der Waals surface area contributed by atoms with E-state index in [1.807, 2.05) is 92.6 Å². The summed E-state index contributed by atoms with van der Waals surface area (Å²) >= 11 is 0. The number of hydrogen-bond donors (Lipinski definition) is 4. The van der Waals surface area contributed by atoms with E-state index in [-0.39, 0.29) is 62.2 Å². The number of ether oxygens (including phenoxy) is 3. The lowest BCUT2D eigenvalue weighted by molar-refractivity contribution is -0.160. The van der Waals surface area contributed by atoms with E-state index in [2.05, 4.69) is 21.3 Å². The molecule has 2 aromatic carbocycles. The van der Waals surface area contributed by atoms with E-state index >= 15 is 19.2 Å². The van der Waals surface area contributed by atoms with Crippen LogP contribution in [0.2, 0.25) is 0 Å². The van der Waals surface area contributed by atoms with Crippen LogP contribution in [0.4, 0.5) is 0 Å². The number of carbonyl (C=O) groups excluding carboxylic acids is 11. The second-order valence-corrected chi connectivity index (χ2v) is 29.4. The van der Waals surface area contributed by atoms with Crippen molar-refractivity contribution in [2.75, 3.05) is 55.9 Å². The lowest BCUT2D eigenvalue weighted by Gasteiger charge is -2.41. The highest BCUT2D eigenvalue weighted by Gasteiger charge is 2.49. The summed E-state index contributed by atoms with van der Waals surface area (Å²) in [5, 5.41) is 11.2. The molecule has 4 N–H and O–H groups in total. The van der Waals surface area contributed by atoms with Crippen LogP contribution in [0, 0.1) is 41.4 Å². The van der Waals surface area contributed by atoms with E-state index in [1.165, 1.54) is 92.6 Å². The molecule has 548 valence electrons. The third kappa shape index (κ3) is 22.3. The number of rotatable bonds is 17. The summed E-state index contributed by atoms with van der Waals surface area (Å²) in [5.41, 5.74) is 0.964. The molecule has 13 atom stereocenters. The van der Waals surface area contributed by atoms with Crippen molar-refractivity contribution in [1.82, 2.24) is 55.6 Å². The third-order valence-electron chi connectivity index (χ3n) is 18.5. The van der Waals surface area contributed by atoms with Crippen LogP contribution in [0.1, 0.15) is 155 Å². The van der Waals surface area contributed by atoms with Gasteiger partial charge in [0.2, 0.25) is 71.3 Å². The van der Waals surface area contributed by atoms with Crippen molar-refractivity contribution < 1.29 is 67.0 Å². The van der Waals surface area contributed by atoms with Crippen LogP contribution < -0.4 is 30.7 Å². The van der Waals surface area contributed by atoms with Crippen molar-refractivity contribution in [2.45, 2.75) is 229 Å². The number of nitrogens with zero attached hydrogens (tertiary/aromatic N) is 7. The highest BCUT2D eigenvalue weighted by molar-refractivity contribution is 5.99. The van der Waals surface area contributed by atoms with Crippen molar-refractivity contribution >= 4 is 65.0 Å². The van der Waals surface area contributed by atoms with E-state index in [1.54, 1.807) is 58.9 Å². The standard InChI is InChI=1S/C73H117N11O14/c1-24-53-69(91)78(17)39-58(85)79(18)54(33-41(2)3)66(88)77-60(45(10)11)72(94)80(19)55(34-42(4)5)65(87)74-48(15)64(86)75-49(16)68(90)81(20)56(35-43(6)7)70(92)82(21)57(36-44(8)9)71(93)83(22)61(46(12)13)73(95)84(23)62(67(89)76-53)63-47(14)37-59(98-63)97-52-32-28-31-51(38-52)96-40-50-29-26-25-27-30-50/h25-32,38,41-49,53-57,59-63H,24,33-37,39-40H2,1-23H3,(H,74,87)(H,75,86)(H,76,89)(H,77,88)/t47-,48+,49-,53+,54+,55+,56+,57+,59-,60+,61+,62+,63-/m1/s1. The molecule has 0 aliphatic carbocycles. The molecule has 4 rings (SSSR count). The van der Waals surface area contributed by atoms with Crippen LogP contribution in [0.15, 0.2) is 54.6 Å². The Morgan fingerprint density at radius 3 is 1.50 bits per heavy atom. The van der Waals surface area contributed by atoms with Gasteiger partial charge in [0.1, 0.15) is 78.5 Å². The summed E-state index contributed by atoms with van der Waals surface area (Å²) in [6.45, 7) is 28.2. The molecular weight excluding hydrogens is 1250 g/mol. The molecule has 0 spiro atoms. The SMILES string of the molecule is CC[C@@H]1NC(=O)[C@H]([C@@H]2O[C@@H](Oc3cccc(OCc4ccccc4)c3)C[C@H]2C)N(C)C(=O)[C@H](C(C)C)N(C)C(=O)[C@H](CC(C)C)N(C)C(=O)[C@H](CC(C)C)N(C)C(=O)[C@@H](C)NC(=O)[C@H](C)NC(=O)[C@H](CC(C)C)N(C)C(=O)[C@H](C(C)C)NC(=O)[C@H](CC(C)C)N(C)C(=O)CN(C)C1=O. The minimum atomic E-state index is -1.47. The molecule has 11 amide bonds. The van der Waals surface area contributed by atoms with E-state index in [0.717, 1.165) is 10.5 Å². The van der Waals surface area contributed by atoms with Gasteiger partial charge in [-0.15, -0.1) is 0 Å². The van der Waals surface area contributed by atoms with Gasteiger partial charge in [0.15, 0.2) is 0 Å². The number of benzene rings is 2. The largest absolute Gasteiger partial charge is 0.489 e. The molecule has 2 aliphatic rings. The molecule has 0 radical (unpaired) electrons. The van der Waals surface area contributed by atoms with E-state index in [4.69, 9.17) is 14.2 Å². The molecule has 2 heterocycles. The molecule has 0 aromatic heterocycles. The second kappa shape index (κ2) is 37.4. The number of amides is 11. The molecule has 0 unspecified atom stereocenters. The van der Waals surface area contributed by atoms with Crippen molar-refractivity contribution in [3.05, 3.63) is 60.2 Å². The maximum atomic E-state index is 15.7. The predicted octanol–water partition coefficient (Wildman–Crippen LogP) is 5.71. The molecule has 0 saturated carbocycles. The molecule has 25 heteroatoms. The highest BCUT2D eigenvalue weighted by Crippen LogP contribution is 2.34. The summed E-state index contributed by atoms with van der Waals surface area (Å²) in [7, 11) is 10.1. The highest BCUT2D eigenvalue weighted by atomic mass is 16.7. The van der Waals surface area contributed by atoms with Gasteiger partial charge in [-0.2, -0.15) is 0 Å². The van der Waals surface area contributed by atoms with Gasteiger partial charge in [-0.1, -0.05) is 133 Å². The molecule has 2 saturated heterocycles. The Labute approximate surface area is 582 Å². The van der Waals surface area contributed by atoms with Gasteiger partial charge < -0.3 is 69.8 Å². The fourth-order valence-electron chi connectivity index (χ4n) is 12.7. The minimum absolute atomic E-state index is 0.0281. The Morgan fingerprint density at radius 1 is 0.480 bits per heavy atom. The summed E-state index contributed by atoms with van der Waals surface area (Å²) in [4.78, 5) is 172. The fourth-order valence-corrected chi connectivity index (χ4v) is 12.7. The minimum Gasteiger partial charge on any atom is -0.489 e. The maximum Gasteiger partial charge on any atom is 0.246 e. The zero-order chi connectivity index (χ0) is 74.1. The maximum absolute atomic E-state index is 15.7. The van der Waals surface area contributed by atoms with Crippen molar-refractivity contribution in [3.8, 4) is 11.5 Å². The first kappa shape index (κ1) is 82.6. The van der Waals surface area contributed by atoms with Crippen LogP contribution in [-0.4, -0.2) is 228 Å². The van der Waals surface area contributed by atoms with Crippen LogP contribution >= 0.6 is 0 Å². The predicted molar refractivity (Wildman–Crippen MR) is 374 cm³/mol. The topological polar surface area (TPSA) is 286 Å². The summed E-state index contributed by atoms with van der Waals surface area (Å²) < 4.78 is 19.2. The van der Waals surface area contributed by atoms with E-state index in [9.17, 15) is 33.6 Å². The molecule has 0 bridgehead atoms. The molecule has 2 aromatic rings. The molecular formula is C73H117N11O14. The zero-order valence-electron chi connectivity index (χ0n) is 62.7. The van der Waals surface area contributed by atoms with Gasteiger partial charge in [-0.3, -0.25) is 52.7 Å². The molecule has 2 aliphatic heterocycles. The van der Waals surface area contributed by atoms with Crippen LogP contribution in [0.25, 0.3) is 0 Å². The van der Waals surface area contributed by atoms with Gasteiger partial charge in [0.05, 0.1) is 12.6 Å². The van der Waals surface area contributed by atoms with Crippen molar-refractivity contribution in [2.24, 2.45) is 41.4 Å². The van der Waals surface area contributed by atoms with Crippen molar-refractivity contribution in [1.29, 1.82) is 0 Å². The summed E-state index contributed by atoms with van der Waals surface area (Å²) in [6, 6.07) is 4.44. The van der Waals surface area contributed by atoms with Crippen LogP contribution in [0.5, 0.6) is 11.5 Å². The first-order chi connectivity index (χ1) is 45.7. The fraction of sp³-hybridized carbons (Fsp3) is 0.685. The first-order valence-electron chi connectivity index (χ1n) is 34.9. The number of nitrogens with one attached hydrogen (secondary N) is 4. The Balaban J connectivity index is 1.89. The smallest absolute Gasteiger partial charge is 0.246 e. The molecule has 2 fully saturated rings. The van der Waals surface area contributed by atoms with Crippen LogP contribution in [0.3, 0.4) is 0 Å². The van der Waals surface area contributed by atoms with Gasteiger partial charge in [0.25, 0.3) is 0 Å². The van der Waals surface area contributed by atoms with Crippen molar-refractivity contribution in [3.63, 3.8) is 0 Å². The summed E-state index contributed by atoms with van der Waals surface area (Å²) in [6.07, 6.45) is -1.12. The average Bonchev–Trinajstić information content (AvgIpc) is 1.39. The zero-order valence-corrected chi connectivity index (χ0v) is 62.7. The Kier molecular flexibility index (Phi) is 31.5. The normalized spacial score (nSPS) is 27.1. The quantitative estimate of drug-likeness (QED) is 0.148. The molecule has 98 heavy (non-hydrogen) atoms. The van der Waals surface area contributed by atoms with E-state index in [0.29, 0.717) is 18.1 Å². The number of likely N-dealkylation sites (N-methyl/N-ethyl adjacent to an activating group) is 7. The van der Waals surface area contributed by atoms with Gasteiger partial charge in [0, 0.05) is 61.8 Å². The lowest BCUT2D eigenvalue weighted by Crippen LogP contribution is -2.63. The lowest BCUT2D eigenvalue weighted by atomic mass is 9.93. The monoisotopic (exact) mass is 1370 g/mol. The number of carbonyl (C=O) groups is 11. The van der Waals surface area contributed by atoms with Gasteiger partial charge >= 0.3 is 0 Å². The molecule has 25 nitrogen and oxygen atoms in total. The van der Waals surface area contributed by atoms with Gasteiger partial charge in [-0.25, -0.2) is 0 Å². The van der Waals surface area contributed by atoms with Gasteiger partial charge in [-0.05, 0) is 105 Å². The first-order valence-corrected chi connectivity index (χ1v) is 34.9. The number of hydrogen-bond acceptors (Lipinski definition) is 14. The Bertz CT molecular complexity index is 3050. The average molecular weight is 1370 g/mol. The Morgan fingerprint density at radius 2 is 0.969 bits per heavy atom.